The van der Waals surface area contributed by atoms with Crippen molar-refractivity contribution in [1.82, 2.24) is 9.62 Å². The van der Waals surface area contributed by atoms with Crippen molar-refractivity contribution >= 4 is 15.9 Å². The average Bonchev–Trinajstić information content (AvgIpc) is 3.22. The van der Waals surface area contributed by atoms with E-state index in [0.717, 1.165) is 32.5 Å². The fourth-order valence-corrected chi connectivity index (χ4v) is 4.92. The molecule has 0 aromatic heterocycles. The fourth-order valence-electron chi connectivity index (χ4n) is 3.67. The molecule has 2 aliphatic rings. The molecule has 5 nitrogen and oxygen atoms in total. The minimum absolute atomic E-state index is 0.328. The van der Waals surface area contributed by atoms with Crippen molar-refractivity contribution in [2.45, 2.75) is 17.7 Å². The predicted octanol–water partition coefficient (Wildman–Crippen LogP) is 2.29. The van der Waals surface area contributed by atoms with Crippen LogP contribution >= 0.6 is 0 Å². The first-order chi connectivity index (χ1) is 12.6. The van der Waals surface area contributed by atoms with Crippen LogP contribution in [0.4, 0.5) is 0 Å². The topological polar surface area (TPSA) is 61.8 Å². The van der Waals surface area contributed by atoms with Gasteiger partial charge in [0.2, 0.25) is 0 Å². The second-order valence-electron chi connectivity index (χ2n) is 6.98. The minimum Gasteiger partial charge on any atom is -0.303 e. The largest absolute Gasteiger partial charge is 0.303 e. The van der Waals surface area contributed by atoms with Gasteiger partial charge in [-0.25, -0.2) is 8.42 Å². The van der Waals surface area contributed by atoms with Gasteiger partial charge in [-0.2, -0.15) is 0 Å². The molecule has 26 heavy (non-hydrogen) atoms. The normalized spacial score (nSPS) is 23.1. The maximum Gasteiger partial charge on any atom is 0.263 e. The third-order valence-electron chi connectivity index (χ3n) is 5.10. The summed E-state index contributed by atoms with van der Waals surface area (Å²) in [5.74, 6) is 0.971. The van der Waals surface area contributed by atoms with Crippen LogP contribution in [0.3, 0.4) is 0 Å². The molecule has 6 heteroatoms. The lowest BCUT2D eigenvalue weighted by atomic mass is 10.1. The Labute approximate surface area is 154 Å². The van der Waals surface area contributed by atoms with Gasteiger partial charge in [0.1, 0.15) is 5.84 Å². The monoisotopic (exact) mass is 369 g/mol. The highest BCUT2D eigenvalue weighted by atomic mass is 32.2. The molecule has 0 spiro atoms. The smallest absolute Gasteiger partial charge is 0.263 e. The Balaban J connectivity index is 1.34. The Morgan fingerprint density at radius 3 is 2.69 bits per heavy atom. The second kappa shape index (κ2) is 7.21. The van der Waals surface area contributed by atoms with Crippen LogP contribution < -0.4 is 4.72 Å². The van der Waals surface area contributed by atoms with E-state index in [1.807, 2.05) is 18.2 Å². The molecule has 2 aromatic carbocycles. The summed E-state index contributed by atoms with van der Waals surface area (Å²) in [6.45, 7) is 3.84. The molecule has 2 heterocycles. The summed E-state index contributed by atoms with van der Waals surface area (Å²) in [6, 6.07) is 17.6. The summed E-state index contributed by atoms with van der Waals surface area (Å²) in [7, 11) is -3.44. The van der Waals surface area contributed by atoms with E-state index in [9.17, 15) is 8.42 Å². The molecule has 0 amide bonds. The first-order valence-corrected chi connectivity index (χ1v) is 10.5. The van der Waals surface area contributed by atoms with Gasteiger partial charge in [-0.15, -0.1) is 0 Å². The summed E-state index contributed by atoms with van der Waals surface area (Å²) in [5, 5.41) is 0. The maximum absolute atomic E-state index is 12.1. The van der Waals surface area contributed by atoms with Gasteiger partial charge < -0.3 is 4.90 Å². The van der Waals surface area contributed by atoms with Crippen LogP contribution in [-0.4, -0.2) is 45.3 Å². The van der Waals surface area contributed by atoms with Crippen LogP contribution in [0.5, 0.6) is 0 Å². The molecule has 2 aromatic rings. The number of rotatable bonds is 5. The summed E-state index contributed by atoms with van der Waals surface area (Å²) in [6.07, 6.45) is 2.18. The number of nitrogens with zero attached hydrogens (tertiary/aromatic N) is 2. The summed E-state index contributed by atoms with van der Waals surface area (Å²) < 4.78 is 26.8. The number of likely N-dealkylation sites (tertiary alicyclic amines) is 1. The van der Waals surface area contributed by atoms with Crippen molar-refractivity contribution in [3.8, 4) is 0 Å². The molecular formula is C20H23N3O2S. The number of aliphatic imine (C=N–C) groups is 1. The van der Waals surface area contributed by atoms with Crippen molar-refractivity contribution in [3.63, 3.8) is 0 Å². The lowest BCUT2D eigenvalue weighted by Gasteiger charge is -2.15. The molecule has 1 N–H and O–H groups in total. The van der Waals surface area contributed by atoms with Gasteiger partial charge in [-0.3, -0.25) is 9.71 Å². The van der Waals surface area contributed by atoms with Gasteiger partial charge in [-0.1, -0.05) is 42.5 Å². The van der Waals surface area contributed by atoms with Crippen molar-refractivity contribution in [2.24, 2.45) is 10.9 Å². The van der Waals surface area contributed by atoms with Crippen molar-refractivity contribution in [3.05, 3.63) is 65.7 Å². The van der Waals surface area contributed by atoms with Crippen LogP contribution in [0.25, 0.3) is 0 Å². The van der Waals surface area contributed by atoms with Crippen molar-refractivity contribution < 1.29 is 8.42 Å². The summed E-state index contributed by atoms with van der Waals surface area (Å²) in [5.41, 5.74) is 2.06. The molecule has 1 atom stereocenters. The highest BCUT2D eigenvalue weighted by molar-refractivity contribution is 7.90. The molecule has 0 radical (unpaired) electrons. The van der Waals surface area contributed by atoms with E-state index in [-0.39, 0.29) is 0 Å². The molecule has 1 fully saturated rings. The lowest BCUT2D eigenvalue weighted by molar-refractivity contribution is 0.330. The molecule has 0 saturated carbocycles. The average molecular weight is 369 g/mol. The van der Waals surface area contributed by atoms with Crippen LogP contribution in [0.15, 0.2) is 64.5 Å². The Morgan fingerprint density at radius 2 is 1.85 bits per heavy atom. The van der Waals surface area contributed by atoms with Gasteiger partial charge >= 0.3 is 0 Å². The van der Waals surface area contributed by atoms with Crippen LogP contribution in [0, 0.1) is 5.92 Å². The number of hydrogen-bond acceptors (Lipinski definition) is 4. The van der Waals surface area contributed by atoms with E-state index >= 15 is 0 Å². The number of hydrogen-bond donors (Lipinski definition) is 1. The van der Waals surface area contributed by atoms with Crippen molar-refractivity contribution in [2.75, 3.05) is 26.2 Å². The molecule has 1 unspecified atom stereocenters. The maximum atomic E-state index is 12.1. The van der Waals surface area contributed by atoms with Gasteiger partial charge in [0.05, 0.1) is 4.90 Å². The van der Waals surface area contributed by atoms with E-state index in [2.05, 4.69) is 38.9 Å². The lowest BCUT2D eigenvalue weighted by Crippen LogP contribution is -2.25. The number of sulfonamides is 1. The standard InChI is InChI=1S/C20H23N3O2S/c24-26(25)19-9-5-4-8-18(19)20(22-26)21-14-17-11-13-23(15-17)12-10-16-6-2-1-3-7-16/h1-9,17H,10-15H2,(H,21,22). The fraction of sp³-hybridized carbons (Fsp3) is 0.350. The van der Waals surface area contributed by atoms with E-state index in [1.165, 1.54) is 5.56 Å². The third kappa shape index (κ3) is 3.66. The van der Waals surface area contributed by atoms with Crippen LogP contribution in [0.2, 0.25) is 0 Å². The van der Waals surface area contributed by atoms with E-state index in [4.69, 9.17) is 0 Å². The number of amidine groups is 1. The Morgan fingerprint density at radius 1 is 1.08 bits per heavy atom. The zero-order valence-electron chi connectivity index (χ0n) is 14.6. The number of nitrogens with one attached hydrogen (secondary N) is 1. The third-order valence-corrected chi connectivity index (χ3v) is 6.50. The van der Waals surface area contributed by atoms with E-state index in [0.29, 0.717) is 28.8 Å². The second-order valence-corrected chi connectivity index (χ2v) is 8.63. The highest BCUT2D eigenvalue weighted by Crippen LogP contribution is 2.23. The minimum atomic E-state index is -3.44. The Kier molecular flexibility index (Phi) is 4.78. The Hall–Kier alpha value is -2.18. The van der Waals surface area contributed by atoms with Crippen LogP contribution in [0.1, 0.15) is 17.5 Å². The van der Waals surface area contributed by atoms with Gasteiger partial charge in [0, 0.05) is 25.2 Å². The molecular weight excluding hydrogens is 346 g/mol. The highest BCUT2D eigenvalue weighted by Gasteiger charge is 2.30. The van der Waals surface area contributed by atoms with Gasteiger partial charge in [-0.05, 0) is 43.0 Å². The van der Waals surface area contributed by atoms with Gasteiger partial charge in [0.25, 0.3) is 10.0 Å². The van der Waals surface area contributed by atoms with Gasteiger partial charge in [0.15, 0.2) is 0 Å². The van der Waals surface area contributed by atoms with Crippen LogP contribution in [-0.2, 0) is 16.4 Å². The van der Waals surface area contributed by atoms with E-state index < -0.39 is 10.0 Å². The molecule has 2 aliphatic heterocycles. The predicted molar refractivity (Wildman–Crippen MR) is 103 cm³/mol. The zero-order valence-corrected chi connectivity index (χ0v) is 15.5. The Bertz CT molecular complexity index is 910. The summed E-state index contributed by atoms with van der Waals surface area (Å²) >= 11 is 0. The quantitative estimate of drug-likeness (QED) is 0.880. The molecule has 0 bridgehead atoms. The first-order valence-electron chi connectivity index (χ1n) is 9.05. The molecule has 0 aliphatic carbocycles. The molecule has 1 saturated heterocycles. The van der Waals surface area contributed by atoms with E-state index in [1.54, 1.807) is 12.1 Å². The number of benzene rings is 2. The summed E-state index contributed by atoms with van der Waals surface area (Å²) in [4.78, 5) is 7.40. The SMILES string of the molecule is O=S1(=O)NC(=NCC2CCN(CCc3ccccc3)C2)c2ccccc21. The molecule has 136 valence electrons. The zero-order chi connectivity index (χ0) is 18.0. The first kappa shape index (κ1) is 17.2. The number of fused-ring (bicyclic) bond motifs is 1. The molecule has 4 rings (SSSR count). The van der Waals surface area contributed by atoms with Crippen molar-refractivity contribution in [1.29, 1.82) is 0 Å².